The SMILES string of the molecule is CCCCNCCNc1nc(OCC2(CN3CCOCC3)CC2)nc2c(F)c(-c3cc(O)cc4ccc(F)c(CC)c34)c(F)c(OC)c12. The largest absolute Gasteiger partial charge is 0.508 e. The lowest BCUT2D eigenvalue weighted by atomic mass is 9.91. The van der Waals surface area contributed by atoms with Crippen LogP contribution in [0.5, 0.6) is 17.5 Å². The number of aromatic hydroxyl groups is 1. The number of morpholine rings is 1. The number of aryl methyl sites for hydroxylation is 1. The molecule has 1 aliphatic heterocycles. The van der Waals surface area contributed by atoms with Crippen LogP contribution in [0.4, 0.5) is 19.0 Å². The molecule has 0 bridgehead atoms. The van der Waals surface area contributed by atoms with Gasteiger partial charge in [0.05, 0.1) is 37.9 Å². The number of ether oxygens (including phenoxy) is 3. The number of hydrogen-bond acceptors (Lipinski definition) is 9. The van der Waals surface area contributed by atoms with Crippen molar-refractivity contribution in [3.8, 4) is 28.6 Å². The van der Waals surface area contributed by atoms with E-state index in [0.29, 0.717) is 43.7 Å². The number of halogens is 3. The number of benzene rings is 3. The number of rotatable bonds is 15. The average molecular weight is 668 g/mol. The van der Waals surface area contributed by atoms with Crippen molar-refractivity contribution < 1.29 is 32.5 Å². The number of hydrogen-bond donors (Lipinski definition) is 3. The molecule has 3 N–H and O–H groups in total. The number of nitrogens with one attached hydrogen (secondary N) is 2. The fourth-order valence-corrected chi connectivity index (χ4v) is 6.59. The summed E-state index contributed by atoms with van der Waals surface area (Å²) < 4.78 is 65.9. The molecule has 2 heterocycles. The number of phenols is 1. The first-order chi connectivity index (χ1) is 23.3. The zero-order valence-electron chi connectivity index (χ0n) is 27.9. The molecule has 258 valence electrons. The molecular formula is C36H44F3N5O4. The fourth-order valence-electron chi connectivity index (χ4n) is 6.59. The van der Waals surface area contributed by atoms with Crippen molar-refractivity contribution in [1.82, 2.24) is 20.2 Å². The van der Waals surface area contributed by atoms with Gasteiger partial charge in [-0.2, -0.15) is 9.97 Å². The molecule has 4 aromatic rings. The Kier molecular flexibility index (Phi) is 10.4. The summed E-state index contributed by atoms with van der Waals surface area (Å²) in [5, 5.41) is 18.0. The summed E-state index contributed by atoms with van der Waals surface area (Å²) in [5.41, 5.74) is -0.477. The lowest BCUT2D eigenvalue weighted by Crippen LogP contribution is -2.41. The fraction of sp³-hybridized carbons (Fsp3) is 0.500. The van der Waals surface area contributed by atoms with Gasteiger partial charge in [-0.05, 0) is 72.3 Å². The predicted molar refractivity (Wildman–Crippen MR) is 181 cm³/mol. The van der Waals surface area contributed by atoms with Crippen molar-refractivity contribution in [3.63, 3.8) is 0 Å². The molecule has 2 aliphatic rings. The Morgan fingerprint density at radius 1 is 1.00 bits per heavy atom. The van der Waals surface area contributed by atoms with Crippen molar-refractivity contribution >= 4 is 27.5 Å². The van der Waals surface area contributed by atoms with Gasteiger partial charge in [-0.15, -0.1) is 0 Å². The van der Waals surface area contributed by atoms with Gasteiger partial charge in [-0.25, -0.2) is 13.2 Å². The molecule has 3 aromatic carbocycles. The van der Waals surface area contributed by atoms with Gasteiger partial charge >= 0.3 is 6.01 Å². The van der Waals surface area contributed by atoms with Crippen molar-refractivity contribution in [1.29, 1.82) is 0 Å². The quantitative estimate of drug-likeness (QED) is 0.124. The third kappa shape index (κ3) is 6.97. The summed E-state index contributed by atoms with van der Waals surface area (Å²) >= 11 is 0. The monoisotopic (exact) mass is 667 g/mol. The molecule has 0 unspecified atom stereocenters. The maximum absolute atomic E-state index is 16.9. The number of aromatic nitrogens is 2. The number of nitrogens with zero attached hydrogens (tertiary/aromatic N) is 3. The van der Waals surface area contributed by atoms with E-state index < -0.39 is 23.0 Å². The van der Waals surface area contributed by atoms with Gasteiger partial charge < -0.3 is 30.0 Å². The normalized spacial score (nSPS) is 16.0. The minimum absolute atomic E-state index is 0.00490. The first-order valence-corrected chi connectivity index (χ1v) is 16.9. The van der Waals surface area contributed by atoms with E-state index in [-0.39, 0.29) is 57.2 Å². The third-order valence-corrected chi connectivity index (χ3v) is 9.37. The molecule has 9 nitrogen and oxygen atoms in total. The van der Waals surface area contributed by atoms with Crippen LogP contribution in [0.2, 0.25) is 0 Å². The van der Waals surface area contributed by atoms with E-state index >= 15 is 13.2 Å². The van der Waals surface area contributed by atoms with Crippen molar-refractivity contribution in [2.24, 2.45) is 5.41 Å². The maximum atomic E-state index is 16.9. The maximum Gasteiger partial charge on any atom is 0.319 e. The second-order valence-electron chi connectivity index (χ2n) is 12.8. The van der Waals surface area contributed by atoms with Crippen LogP contribution in [-0.4, -0.2) is 86.2 Å². The minimum Gasteiger partial charge on any atom is -0.508 e. The molecule has 0 spiro atoms. The molecule has 1 aliphatic carbocycles. The number of anilines is 1. The Bertz CT molecular complexity index is 1780. The Morgan fingerprint density at radius 2 is 1.79 bits per heavy atom. The lowest BCUT2D eigenvalue weighted by molar-refractivity contribution is 0.0231. The standard InChI is InChI=1S/C36H44F3N5O4/c1-4-6-11-40-12-13-41-34-29-32(42-35(43-34)48-21-36(9-10-36)20-44-14-16-47-17-15-44)30(38)28(31(39)33(29)46-3)25-19-23(45)18-22-7-8-26(37)24(5-2)27(22)25/h7-8,18-19,40,45H,4-6,9-17,20-21H2,1-3H3,(H,41,42,43). The molecule has 6 rings (SSSR count). The van der Waals surface area contributed by atoms with E-state index in [1.54, 1.807) is 6.92 Å². The molecule has 1 saturated carbocycles. The van der Waals surface area contributed by atoms with Crippen molar-refractivity contribution in [2.75, 3.05) is 71.5 Å². The molecule has 48 heavy (non-hydrogen) atoms. The first kappa shape index (κ1) is 34.0. The van der Waals surface area contributed by atoms with Crippen molar-refractivity contribution in [3.05, 3.63) is 47.3 Å². The summed E-state index contributed by atoms with van der Waals surface area (Å²) in [7, 11) is 1.29. The molecular weight excluding hydrogens is 623 g/mol. The molecule has 12 heteroatoms. The average Bonchev–Trinajstić information content (AvgIpc) is 3.85. The van der Waals surface area contributed by atoms with Gasteiger partial charge in [0, 0.05) is 38.1 Å². The van der Waals surface area contributed by atoms with Crippen LogP contribution in [0.3, 0.4) is 0 Å². The zero-order valence-corrected chi connectivity index (χ0v) is 27.9. The lowest BCUT2D eigenvalue weighted by Gasteiger charge is -2.30. The highest BCUT2D eigenvalue weighted by molar-refractivity contribution is 6.05. The third-order valence-electron chi connectivity index (χ3n) is 9.37. The van der Waals surface area contributed by atoms with E-state index in [4.69, 9.17) is 14.2 Å². The van der Waals surface area contributed by atoms with Crippen LogP contribution in [0.1, 0.15) is 45.1 Å². The van der Waals surface area contributed by atoms with Gasteiger partial charge in [-0.1, -0.05) is 26.3 Å². The Labute approximate surface area is 278 Å². The smallest absolute Gasteiger partial charge is 0.319 e. The summed E-state index contributed by atoms with van der Waals surface area (Å²) in [6, 6.07) is 5.42. The van der Waals surface area contributed by atoms with Crippen LogP contribution in [0.15, 0.2) is 24.3 Å². The van der Waals surface area contributed by atoms with E-state index in [2.05, 4.69) is 32.4 Å². The number of fused-ring (bicyclic) bond motifs is 2. The summed E-state index contributed by atoms with van der Waals surface area (Å²) in [5.74, 6) is -2.83. The molecule has 0 amide bonds. The van der Waals surface area contributed by atoms with Gasteiger partial charge in [0.25, 0.3) is 0 Å². The minimum atomic E-state index is -1.01. The van der Waals surface area contributed by atoms with E-state index in [1.165, 1.54) is 31.4 Å². The molecule has 0 radical (unpaired) electrons. The highest BCUT2D eigenvalue weighted by Crippen LogP contribution is 2.48. The van der Waals surface area contributed by atoms with Crippen LogP contribution >= 0.6 is 0 Å². The number of unbranched alkanes of at least 4 members (excludes halogenated alkanes) is 1. The molecule has 0 atom stereocenters. The van der Waals surface area contributed by atoms with Gasteiger partial charge in [0.15, 0.2) is 17.4 Å². The van der Waals surface area contributed by atoms with E-state index in [9.17, 15) is 5.11 Å². The van der Waals surface area contributed by atoms with Crippen LogP contribution in [0.25, 0.3) is 32.8 Å². The molecule has 2 fully saturated rings. The number of phenolic OH excluding ortho intramolecular Hbond substituents is 1. The zero-order chi connectivity index (χ0) is 33.8. The highest BCUT2D eigenvalue weighted by Gasteiger charge is 2.45. The second kappa shape index (κ2) is 14.7. The predicted octanol–water partition coefficient (Wildman–Crippen LogP) is 6.44. The Balaban J connectivity index is 1.45. The van der Waals surface area contributed by atoms with Gasteiger partial charge in [0.1, 0.15) is 22.9 Å². The van der Waals surface area contributed by atoms with Gasteiger partial charge in [0.2, 0.25) is 0 Å². The molecule has 1 aromatic heterocycles. The Hall–Kier alpha value is -3.87. The molecule has 1 saturated heterocycles. The van der Waals surface area contributed by atoms with Crippen LogP contribution < -0.4 is 20.1 Å². The second-order valence-corrected chi connectivity index (χ2v) is 12.8. The van der Waals surface area contributed by atoms with E-state index in [0.717, 1.165) is 51.9 Å². The van der Waals surface area contributed by atoms with Gasteiger partial charge in [-0.3, -0.25) is 4.90 Å². The van der Waals surface area contributed by atoms with Crippen LogP contribution in [-0.2, 0) is 11.2 Å². The topological polar surface area (TPSA) is 101 Å². The van der Waals surface area contributed by atoms with E-state index in [1.807, 2.05) is 0 Å². The summed E-state index contributed by atoms with van der Waals surface area (Å²) in [6.45, 7) is 10.1. The Morgan fingerprint density at radius 3 is 2.50 bits per heavy atom. The van der Waals surface area contributed by atoms with Crippen LogP contribution in [0, 0.1) is 22.9 Å². The first-order valence-electron chi connectivity index (χ1n) is 16.9. The van der Waals surface area contributed by atoms with Crippen molar-refractivity contribution in [2.45, 2.75) is 46.0 Å². The number of methoxy groups -OCH3 is 1. The summed E-state index contributed by atoms with van der Waals surface area (Å²) in [6.07, 6.45) is 4.34. The highest BCUT2D eigenvalue weighted by atomic mass is 19.1. The summed E-state index contributed by atoms with van der Waals surface area (Å²) in [4.78, 5) is 11.5.